The summed E-state index contributed by atoms with van der Waals surface area (Å²) in [7, 11) is -3.94. The van der Waals surface area contributed by atoms with Crippen molar-refractivity contribution >= 4 is 15.7 Å². The minimum absolute atomic E-state index is 0.0961. The molecule has 23 heavy (non-hydrogen) atoms. The standard InChI is InChI=1S/C16H15FN2O3S/c1-3-22-16-8-7-13(9-12(16)10-18)23(20,21)19-15-6-4-5-14(17)11(15)2/h4-9,19H,3H2,1-2H3. The molecular formula is C16H15FN2O3S. The average Bonchev–Trinajstić information content (AvgIpc) is 2.52. The lowest BCUT2D eigenvalue weighted by Crippen LogP contribution is -2.14. The molecule has 0 spiro atoms. The Bertz CT molecular complexity index is 873. The van der Waals surface area contributed by atoms with Crippen molar-refractivity contribution in [3.63, 3.8) is 0 Å². The van der Waals surface area contributed by atoms with E-state index in [1.165, 1.54) is 43.3 Å². The molecule has 0 aliphatic heterocycles. The molecule has 2 aromatic rings. The van der Waals surface area contributed by atoms with Crippen LogP contribution in [0, 0.1) is 24.1 Å². The molecule has 0 bridgehead atoms. The number of nitriles is 1. The number of nitrogens with zero attached hydrogens (tertiary/aromatic N) is 1. The SMILES string of the molecule is CCOc1ccc(S(=O)(=O)Nc2cccc(F)c2C)cc1C#N. The Morgan fingerprint density at radius 1 is 1.30 bits per heavy atom. The zero-order chi connectivity index (χ0) is 17.0. The molecule has 0 radical (unpaired) electrons. The second-order valence-corrected chi connectivity index (χ2v) is 6.40. The van der Waals surface area contributed by atoms with Crippen molar-refractivity contribution in [2.45, 2.75) is 18.7 Å². The second-order valence-electron chi connectivity index (χ2n) is 4.72. The Balaban J connectivity index is 2.40. The summed E-state index contributed by atoms with van der Waals surface area (Å²) in [6.45, 7) is 3.60. The van der Waals surface area contributed by atoms with Gasteiger partial charge in [-0.05, 0) is 44.2 Å². The van der Waals surface area contributed by atoms with Crippen LogP contribution in [0.15, 0.2) is 41.3 Å². The van der Waals surface area contributed by atoms with Crippen LogP contribution >= 0.6 is 0 Å². The fraction of sp³-hybridized carbons (Fsp3) is 0.188. The van der Waals surface area contributed by atoms with Crippen molar-refractivity contribution in [2.24, 2.45) is 0 Å². The van der Waals surface area contributed by atoms with Gasteiger partial charge in [-0.15, -0.1) is 0 Å². The number of anilines is 1. The van der Waals surface area contributed by atoms with Gasteiger partial charge in [0.1, 0.15) is 17.6 Å². The number of hydrogen-bond donors (Lipinski definition) is 1. The van der Waals surface area contributed by atoms with Crippen molar-refractivity contribution in [3.8, 4) is 11.8 Å². The van der Waals surface area contributed by atoms with Gasteiger partial charge in [0.05, 0.1) is 22.8 Å². The summed E-state index contributed by atoms with van der Waals surface area (Å²) in [5.74, 6) is -0.189. The predicted octanol–water partition coefficient (Wildman–Crippen LogP) is 3.21. The van der Waals surface area contributed by atoms with E-state index in [1.807, 2.05) is 6.07 Å². The predicted molar refractivity (Wildman–Crippen MR) is 84.3 cm³/mol. The van der Waals surface area contributed by atoms with Crippen LogP contribution in [0.25, 0.3) is 0 Å². The van der Waals surface area contributed by atoms with Crippen molar-refractivity contribution in [3.05, 3.63) is 53.3 Å². The van der Waals surface area contributed by atoms with Crippen LogP contribution in [-0.4, -0.2) is 15.0 Å². The number of ether oxygens (including phenoxy) is 1. The van der Waals surface area contributed by atoms with Crippen LogP contribution in [0.4, 0.5) is 10.1 Å². The molecular weight excluding hydrogens is 319 g/mol. The lowest BCUT2D eigenvalue weighted by molar-refractivity contribution is 0.339. The molecule has 0 fully saturated rings. The van der Waals surface area contributed by atoms with Crippen LogP contribution in [-0.2, 0) is 10.0 Å². The minimum atomic E-state index is -3.94. The van der Waals surface area contributed by atoms with Crippen molar-refractivity contribution in [2.75, 3.05) is 11.3 Å². The number of halogens is 1. The smallest absolute Gasteiger partial charge is 0.261 e. The highest BCUT2D eigenvalue weighted by atomic mass is 32.2. The van der Waals surface area contributed by atoms with Crippen molar-refractivity contribution in [1.82, 2.24) is 0 Å². The molecule has 0 heterocycles. The van der Waals surface area contributed by atoms with Gasteiger partial charge in [-0.1, -0.05) is 6.07 Å². The molecule has 5 nitrogen and oxygen atoms in total. The van der Waals surface area contributed by atoms with Crippen LogP contribution < -0.4 is 9.46 Å². The molecule has 0 aliphatic rings. The Kier molecular flexibility index (Phi) is 4.86. The summed E-state index contributed by atoms with van der Waals surface area (Å²) in [5.41, 5.74) is 0.464. The van der Waals surface area contributed by atoms with E-state index in [4.69, 9.17) is 10.00 Å². The zero-order valence-corrected chi connectivity index (χ0v) is 13.4. The normalized spacial score (nSPS) is 10.9. The van der Waals surface area contributed by atoms with Gasteiger partial charge in [-0.25, -0.2) is 12.8 Å². The molecule has 0 aliphatic carbocycles. The minimum Gasteiger partial charge on any atom is -0.492 e. The molecule has 120 valence electrons. The fourth-order valence-electron chi connectivity index (χ4n) is 1.97. The molecule has 1 N–H and O–H groups in total. The zero-order valence-electron chi connectivity index (χ0n) is 12.6. The third kappa shape index (κ3) is 3.60. The number of sulfonamides is 1. The summed E-state index contributed by atoms with van der Waals surface area (Å²) in [6, 6.07) is 10.0. The summed E-state index contributed by atoms with van der Waals surface area (Å²) in [6.07, 6.45) is 0. The lowest BCUT2D eigenvalue weighted by Gasteiger charge is -2.12. The van der Waals surface area contributed by atoms with E-state index >= 15 is 0 Å². The topological polar surface area (TPSA) is 79.2 Å². The molecule has 0 aromatic heterocycles. The van der Waals surface area contributed by atoms with Gasteiger partial charge in [-0.3, -0.25) is 4.72 Å². The molecule has 2 rings (SSSR count). The molecule has 0 atom stereocenters. The van der Waals surface area contributed by atoms with E-state index in [2.05, 4.69) is 4.72 Å². The third-order valence-corrected chi connectivity index (χ3v) is 4.56. The van der Waals surface area contributed by atoms with Crippen molar-refractivity contribution in [1.29, 1.82) is 5.26 Å². The van der Waals surface area contributed by atoms with E-state index in [-0.39, 0.29) is 21.7 Å². The van der Waals surface area contributed by atoms with E-state index in [0.29, 0.717) is 12.4 Å². The molecule has 0 saturated heterocycles. The van der Waals surface area contributed by atoms with Crippen LogP contribution in [0.1, 0.15) is 18.1 Å². The van der Waals surface area contributed by atoms with Gasteiger partial charge in [-0.2, -0.15) is 5.26 Å². The quantitative estimate of drug-likeness (QED) is 0.910. The highest BCUT2D eigenvalue weighted by molar-refractivity contribution is 7.92. The maximum absolute atomic E-state index is 13.5. The maximum atomic E-state index is 13.5. The van der Waals surface area contributed by atoms with Gasteiger partial charge in [0, 0.05) is 5.56 Å². The molecule has 0 saturated carbocycles. The first kappa shape index (κ1) is 16.8. The Morgan fingerprint density at radius 2 is 2.04 bits per heavy atom. The summed E-state index contributed by atoms with van der Waals surface area (Å²) in [4.78, 5) is -0.0961. The first-order chi connectivity index (χ1) is 10.9. The first-order valence-corrected chi connectivity index (χ1v) is 8.32. The third-order valence-electron chi connectivity index (χ3n) is 3.19. The van der Waals surface area contributed by atoms with E-state index in [0.717, 1.165) is 0 Å². The Labute approximate surface area is 134 Å². The monoisotopic (exact) mass is 334 g/mol. The lowest BCUT2D eigenvalue weighted by atomic mass is 10.2. The molecule has 2 aromatic carbocycles. The van der Waals surface area contributed by atoms with Crippen LogP contribution in [0.5, 0.6) is 5.75 Å². The first-order valence-electron chi connectivity index (χ1n) is 6.84. The summed E-state index contributed by atoms with van der Waals surface area (Å²) in [5, 5.41) is 9.11. The number of rotatable bonds is 5. The van der Waals surface area contributed by atoms with E-state index < -0.39 is 15.8 Å². The van der Waals surface area contributed by atoms with Gasteiger partial charge < -0.3 is 4.74 Å². The van der Waals surface area contributed by atoms with Gasteiger partial charge in [0.25, 0.3) is 10.0 Å². The number of benzene rings is 2. The summed E-state index contributed by atoms with van der Waals surface area (Å²) >= 11 is 0. The maximum Gasteiger partial charge on any atom is 0.261 e. The highest BCUT2D eigenvalue weighted by Crippen LogP contribution is 2.25. The average molecular weight is 334 g/mol. The number of hydrogen-bond acceptors (Lipinski definition) is 4. The Morgan fingerprint density at radius 3 is 2.70 bits per heavy atom. The second kappa shape index (κ2) is 6.67. The van der Waals surface area contributed by atoms with Crippen LogP contribution in [0.3, 0.4) is 0 Å². The van der Waals surface area contributed by atoms with Gasteiger partial charge in [0.2, 0.25) is 0 Å². The van der Waals surface area contributed by atoms with Crippen LogP contribution in [0.2, 0.25) is 0 Å². The molecule has 0 amide bonds. The highest BCUT2D eigenvalue weighted by Gasteiger charge is 2.18. The van der Waals surface area contributed by atoms with Crippen molar-refractivity contribution < 1.29 is 17.5 Å². The largest absolute Gasteiger partial charge is 0.492 e. The van der Waals surface area contributed by atoms with Gasteiger partial charge >= 0.3 is 0 Å². The summed E-state index contributed by atoms with van der Waals surface area (Å²) < 4.78 is 45.9. The Hall–Kier alpha value is -2.59. The molecule has 0 unspecified atom stereocenters. The van der Waals surface area contributed by atoms with Gasteiger partial charge in [0.15, 0.2) is 0 Å². The number of nitrogens with one attached hydrogen (secondary N) is 1. The van der Waals surface area contributed by atoms with E-state index in [9.17, 15) is 12.8 Å². The fourth-order valence-corrected chi connectivity index (χ4v) is 3.12. The molecule has 7 heteroatoms. The van der Waals surface area contributed by atoms with E-state index in [1.54, 1.807) is 6.92 Å².